The number of benzene rings is 8. The van der Waals surface area contributed by atoms with Crippen molar-refractivity contribution in [3.63, 3.8) is 0 Å². The second-order valence-electron chi connectivity index (χ2n) is 15.6. The van der Waals surface area contributed by atoms with E-state index in [0.29, 0.717) is 0 Å². The number of halogens is 2. The van der Waals surface area contributed by atoms with Gasteiger partial charge in [0.2, 0.25) is 0 Å². The van der Waals surface area contributed by atoms with E-state index < -0.39 is 0 Å². The fourth-order valence-corrected chi connectivity index (χ4v) is 10.1. The highest BCUT2D eigenvalue weighted by Gasteiger charge is 2.38. The van der Waals surface area contributed by atoms with Crippen LogP contribution < -0.4 is 4.90 Å². The van der Waals surface area contributed by atoms with Gasteiger partial charge in [0.05, 0.1) is 5.69 Å². The number of anilines is 3. The Morgan fingerprint density at radius 3 is 1.32 bits per heavy atom. The standard InChI is InChI=1S/C50H37Br2N/c1-49(2)43-16-10-8-14-35(43)37-24-20-33(28-45(37)49)53(34-21-25-38-36-15-9-11-17-44(36)50(3,4)46(38)29-34)48-39-22-18-31(51)26-41(39)47(30-12-6-5-7-13-30)42-27-32(52)19-23-40(42)48/h5-29H,1-4H3. The molecule has 0 heterocycles. The molecule has 0 bridgehead atoms. The molecule has 3 heteroatoms. The summed E-state index contributed by atoms with van der Waals surface area (Å²) in [5.74, 6) is 0. The average molecular weight is 812 g/mol. The fraction of sp³-hybridized carbons (Fsp3) is 0.120. The van der Waals surface area contributed by atoms with Crippen LogP contribution in [0.3, 0.4) is 0 Å². The molecule has 256 valence electrons. The third kappa shape index (κ3) is 4.80. The van der Waals surface area contributed by atoms with E-state index in [9.17, 15) is 0 Å². The van der Waals surface area contributed by atoms with Crippen molar-refractivity contribution in [1.29, 1.82) is 0 Å². The van der Waals surface area contributed by atoms with Crippen LogP contribution in [0, 0.1) is 0 Å². The van der Waals surface area contributed by atoms with Gasteiger partial charge in [-0.2, -0.15) is 0 Å². The van der Waals surface area contributed by atoms with E-state index in [1.54, 1.807) is 0 Å². The molecule has 8 aromatic rings. The molecule has 0 saturated heterocycles. The van der Waals surface area contributed by atoms with Crippen LogP contribution in [-0.4, -0.2) is 0 Å². The number of hydrogen-bond acceptors (Lipinski definition) is 1. The van der Waals surface area contributed by atoms with Crippen LogP contribution in [0.5, 0.6) is 0 Å². The van der Waals surface area contributed by atoms with Crippen molar-refractivity contribution in [2.24, 2.45) is 0 Å². The minimum Gasteiger partial charge on any atom is -0.309 e. The second-order valence-corrected chi connectivity index (χ2v) is 17.4. The lowest BCUT2D eigenvalue weighted by Crippen LogP contribution is -2.18. The lowest BCUT2D eigenvalue weighted by Gasteiger charge is -2.32. The molecule has 8 aromatic carbocycles. The number of nitrogens with zero attached hydrogens (tertiary/aromatic N) is 1. The highest BCUT2D eigenvalue weighted by Crippen LogP contribution is 2.55. The van der Waals surface area contributed by atoms with E-state index in [2.05, 4.69) is 216 Å². The van der Waals surface area contributed by atoms with Gasteiger partial charge in [-0.15, -0.1) is 0 Å². The van der Waals surface area contributed by atoms with Crippen molar-refractivity contribution >= 4 is 70.5 Å². The van der Waals surface area contributed by atoms with Crippen LogP contribution in [0.15, 0.2) is 161 Å². The largest absolute Gasteiger partial charge is 0.309 e. The summed E-state index contributed by atoms with van der Waals surface area (Å²) in [4.78, 5) is 2.54. The summed E-state index contributed by atoms with van der Waals surface area (Å²) >= 11 is 7.73. The summed E-state index contributed by atoms with van der Waals surface area (Å²) in [6, 6.07) is 56.5. The maximum absolute atomic E-state index is 3.87. The van der Waals surface area contributed by atoms with Gasteiger partial charge in [-0.3, -0.25) is 0 Å². The molecule has 2 aliphatic rings. The monoisotopic (exact) mass is 809 g/mol. The SMILES string of the molecule is CC1(C)c2ccccc2-c2ccc(N(c3ccc4c(c3)C(C)(C)c3ccccc3-4)c3c4ccc(Br)cc4c(-c4ccccc4)c4cc(Br)ccc34)cc21. The minimum absolute atomic E-state index is 0.133. The lowest BCUT2D eigenvalue weighted by molar-refractivity contribution is 0.660. The molecule has 10 rings (SSSR count). The summed E-state index contributed by atoms with van der Waals surface area (Å²) in [7, 11) is 0. The van der Waals surface area contributed by atoms with Gasteiger partial charge in [0.15, 0.2) is 0 Å². The molecule has 1 nitrogen and oxygen atoms in total. The molecule has 0 atom stereocenters. The molecule has 0 fully saturated rings. The molecule has 0 aliphatic heterocycles. The molecular formula is C50H37Br2N. The Balaban J connectivity index is 1.32. The molecule has 2 aliphatic carbocycles. The van der Waals surface area contributed by atoms with Gasteiger partial charge in [-0.05, 0) is 115 Å². The Morgan fingerprint density at radius 1 is 0.396 bits per heavy atom. The first-order valence-electron chi connectivity index (χ1n) is 18.3. The third-order valence-electron chi connectivity index (χ3n) is 11.9. The van der Waals surface area contributed by atoms with E-state index in [-0.39, 0.29) is 10.8 Å². The molecule has 0 spiro atoms. The number of rotatable bonds is 4. The van der Waals surface area contributed by atoms with Gasteiger partial charge in [0.1, 0.15) is 0 Å². The van der Waals surface area contributed by atoms with E-state index in [0.717, 1.165) is 20.3 Å². The minimum atomic E-state index is -0.133. The highest BCUT2D eigenvalue weighted by atomic mass is 79.9. The molecule has 0 saturated carbocycles. The van der Waals surface area contributed by atoms with Gasteiger partial charge in [-0.1, -0.05) is 163 Å². The zero-order valence-electron chi connectivity index (χ0n) is 30.1. The summed E-state index contributed by atoms with van der Waals surface area (Å²) in [5, 5.41) is 4.82. The van der Waals surface area contributed by atoms with Crippen LogP contribution in [0.2, 0.25) is 0 Å². The first-order valence-corrected chi connectivity index (χ1v) is 19.9. The topological polar surface area (TPSA) is 3.24 Å². The van der Waals surface area contributed by atoms with Crippen molar-refractivity contribution in [2.75, 3.05) is 4.90 Å². The summed E-state index contributed by atoms with van der Waals surface area (Å²) in [6.45, 7) is 9.48. The van der Waals surface area contributed by atoms with Crippen LogP contribution in [0.1, 0.15) is 49.9 Å². The molecular weight excluding hydrogens is 774 g/mol. The highest BCUT2D eigenvalue weighted by molar-refractivity contribution is 9.10. The fourth-order valence-electron chi connectivity index (χ4n) is 9.38. The van der Waals surface area contributed by atoms with Crippen LogP contribution in [0.4, 0.5) is 17.1 Å². The van der Waals surface area contributed by atoms with Crippen molar-refractivity contribution in [3.8, 4) is 33.4 Å². The van der Waals surface area contributed by atoms with Crippen molar-refractivity contribution in [1.82, 2.24) is 0 Å². The van der Waals surface area contributed by atoms with Crippen LogP contribution >= 0.6 is 31.9 Å². The predicted molar refractivity (Wildman–Crippen MR) is 232 cm³/mol. The lowest BCUT2D eigenvalue weighted by atomic mass is 9.82. The summed E-state index contributed by atoms with van der Waals surface area (Å²) in [5.41, 5.74) is 16.4. The van der Waals surface area contributed by atoms with Crippen molar-refractivity contribution in [3.05, 3.63) is 183 Å². The maximum Gasteiger partial charge on any atom is 0.0618 e. The molecule has 0 aromatic heterocycles. The first kappa shape index (κ1) is 32.7. The molecule has 53 heavy (non-hydrogen) atoms. The molecule has 0 N–H and O–H groups in total. The van der Waals surface area contributed by atoms with Crippen molar-refractivity contribution < 1.29 is 0 Å². The maximum atomic E-state index is 3.87. The van der Waals surface area contributed by atoms with E-state index >= 15 is 0 Å². The average Bonchev–Trinajstić information content (AvgIpc) is 3.54. The van der Waals surface area contributed by atoms with Crippen LogP contribution in [0.25, 0.3) is 54.9 Å². The number of hydrogen-bond donors (Lipinski definition) is 0. The second kappa shape index (κ2) is 11.8. The zero-order valence-corrected chi connectivity index (χ0v) is 33.3. The quantitative estimate of drug-likeness (QED) is 0.160. The third-order valence-corrected chi connectivity index (χ3v) is 12.9. The zero-order chi connectivity index (χ0) is 36.2. The smallest absolute Gasteiger partial charge is 0.0618 e. The van der Waals surface area contributed by atoms with Gasteiger partial charge in [-0.25, -0.2) is 0 Å². The van der Waals surface area contributed by atoms with Gasteiger partial charge in [0, 0.05) is 41.9 Å². The van der Waals surface area contributed by atoms with Gasteiger partial charge < -0.3 is 4.90 Å². The Morgan fingerprint density at radius 2 is 0.830 bits per heavy atom. The molecule has 0 unspecified atom stereocenters. The summed E-state index contributed by atoms with van der Waals surface area (Å²) in [6.07, 6.45) is 0. The molecule has 0 amide bonds. The van der Waals surface area contributed by atoms with Gasteiger partial charge >= 0.3 is 0 Å². The summed E-state index contributed by atoms with van der Waals surface area (Å²) < 4.78 is 2.12. The Hall–Kier alpha value is -4.96. The van der Waals surface area contributed by atoms with Crippen LogP contribution in [-0.2, 0) is 10.8 Å². The van der Waals surface area contributed by atoms with E-state index in [1.165, 1.54) is 82.9 Å². The van der Waals surface area contributed by atoms with Crippen molar-refractivity contribution in [2.45, 2.75) is 38.5 Å². The van der Waals surface area contributed by atoms with Gasteiger partial charge in [0.25, 0.3) is 0 Å². The molecule has 0 radical (unpaired) electrons. The first-order chi connectivity index (χ1) is 25.6. The Kier molecular flexibility index (Phi) is 7.26. The Labute approximate surface area is 328 Å². The Bertz CT molecular complexity index is 2640. The number of fused-ring (bicyclic) bond motifs is 8. The van der Waals surface area contributed by atoms with E-state index in [1.807, 2.05) is 0 Å². The van der Waals surface area contributed by atoms with E-state index in [4.69, 9.17) is 0 Å². The normalized spacial score (nSPS) is 14.5. The predicted octanol–water partition coefficient (Wildman–Crippen LogP) is 15.3.